The Morgan fingerprint density at radius 2 is 1.70 bits per heavy atom. The maximum atomic E-state index is 12.5. The van der Waals surface area contributed by atoms with E-state index in [1.807, 2.05) is 0 Å². The average molecular weight is 413 g/mol. The van der Waals surface area contributed by atoms with Crippen molar-refractivity contribution in [2.24, 2.45) is 0 Å². The highest BCUT2D eigenvalue weighted by Gasteiger charge is 2.23. The van der Waals surface area contributed by atoms with Gasteiger partial charge in [-0.2, -0.15) is 4.72 Å². The van der Waals surface area contributed by atoms with Crippen LogP contribution in [0.1, 0.15) is 12.5 Å². The van der Waals surface area contributed by atoms with Crippen LogP contribution < -0.4 is 19.5 Å². The zero-order chi connectivity index (χ0) is 20.2. The number of hydrogen-bond acceptors (Lipinski definition) is 5. The number of ether oxygens (including phenoxy) is 2. The summed E-state index contributed by atoms with van der Waals surface area (Å²) >= 11 is 6.02. The minimum atomic E-state index is -3.88. The number of sulfonamides is 1. The number of hydrogen-bond donors (Lipinski definition) is 2. The molecule has 146 valence electrons. The van der Waals surface area contributed by atoms with Crippen LogP contribution in [0.3, 0.4) is 0 Å². The number of methoxy groups -OCH3 is 2. The Kier molecular flexibility index (Phi) is 6.69. The van der Waals surface area contributed by atoms with E-state index in [1.165, 1.54) is 39.3 Å². The molecule has 0 fully saturated rings. The summed E-state index contributed by atoms with van der Waals surface area (Å²) in [6.07, 6.45) is 0. The molecule has 0 saturated carbocycles. The molecule has 27 heavy (non-hydrogen) atoms. The van der Waals surface area contributed by atoms with Crippen LogP contribution in [0.5, 0.6) is 11.5 Å². The molecule has 2 rings (SSSR count). The average Bonchev–Trinajstić information content (AvgIpc) is 2.61. The molecule has 0 aromatic heterocycles. The van der Waals surface area contributed by atoms with E-state index in [-0.39, 0.29) is 4.90 Å². The summed E-state index contributed by atoms with van der Waals surface area (Å²) in [4.78, 5) is 12.4. The van der Waals surface area contributed by atoms with Crippen molar-refractivity contribution in [1.82, 2.24) is 4.72 Å². The van der Waals surface area contributed by atoms with Crippen LogP contribution in [0.2, 0.25) is 5.02 Å². The van der Waals surface area contributed by atoms with Crippen LogP contribution in [-0.2, 0) is 14.8 Å². The molecule has 1 atom stereocenters. The molecule has 0 aliphatic heterocycles. The molecule has 1 amide bonds. The summed E-state index contributed by atoms with van der Waals surface area (Å²) in [5.41, 5.74) is 1.10. The second-order valence-corrected chi connectivity index (χ2v) is 7.93. The third-order valence-electron chi connectivity index (χ3n) is 3.82. The lowest BCUT2D eigenvalue weighted by atomic mass is 10.2. The van der Waals surface area contributed by atoms with Gasteiger partial charge in [0.05, 0.1) is 30.2 Å². The zero-order valence-corrected chi connectivity index (χ0v) is 16.9. The van der Waals surface area contributed by atoms with Crippen LogP contribution in [-0.4, -0.2) is 34.6 Å². The quantitative estimate of drug-likeness (QED) is 0.729. The summed E-state index contributed by atoms with van der Waals surface area (Å²) in [5, 5.41) is 2.94. The topological polar surface area (TPSA) is 93.7 Å². The first-order valence-corrected chi connectivity index (χ1v) is 9.85. The Labute approximate surface area is 163 Å². The first kappa shape index (κ1) is 21.0. The fraction of sp³-hybridized carbons (Fsp3) is 0.278. The van der Waals surface area contributed by atoms with Crippen molar-refractivity contribution in [1.29, 1.82) is 0 Å². The highest BCUT2D eigenvalue weighted by atomic mass is 35.5. The molecule has 0 aliphatic carbocycles. The molecule has 2 aromatic rings. The molecule has 0 heterocycles. The number of halogens is 1. The molecule has 0 aliphatic rings. The molecule has 0 radical (unpaired) electrons. The molecule has 9 heteroatoms. The van der Waals surface area contributed by atoms with Crippen LogP contribution >= 0.6 is 11.6 Å². The predicted molar refractivity (Wildman–Crippen MR) is 104 cm³/mol. The third kappa shape index (κ3) is 5.12. The monoisotopic (exact) mass is 412 g/mol. The van der Waals surface area contributed by atoms with E-state index in [0.29, 0.717) is 27.8 Å². The second-order valence-electron chi connectivity index (χ2n) is 5.81. The lowest BCUT2D eigenvalue weighted by Crippen LogP contribution is -2.41. The van der Waals surface area contributed by atoms with Crippen LogP contribution in [0.25, 0.3) is 0 Å². The van der Waals surface area contributed by atoms with Crippen LogP contribution in [0.15, 0.2) is 41.3 Å². The Bertz CT molecular complexity index is 947. The Morgan fingerprint density at radius 1 is 1.07 bits per heavy atom. The van der Waals surface area contributed by atoms with Crippen molar-refractivity contribution in [2.75, 3.05) is 19.5 Å². The van der Waals surface area contributed by atoms with Gasteiger partial charge in [0, 0.05) is 5.69 Å². The second kappa shape index (κ2) is 8.60. The molecule has 2 N–H and O–H groups in total. The Morgan fingerprint density at radius 3 is 2.26 bits per heavy atom. The lowest BCUT2D eigenvalue weighted by molar-refractivity contribution is -0.117. The van der Waals surface area contributed by atoms with Gasteiger partial charge in [0.2, 0.25) is 15.9 Å². The molecule has 0 spiro atoms. The smallest absolute Gasteiger partial charge is 0.242 e. The van der Waals surface area contributed by atoms with E-state index in [9.17, 15) is 13.2 Å². The van der Waals surface area contributed by atoms with E-state index in [2.05, 4.69) is 10.0 Å². The lowest BCUT2D eigenvalue weighted by Gasteiger charge is -2.16. The molecular weight excluding hydrogens is 392 g/mol. The summed E-state index contributed by atoms with van der Waals surface area (Å²) in [7, 11) is -0.886. The maximum absolute atomic E-state index is 12.5. The van der Waals surface area contributed by atoms with Gasteiger partial charge in [-0.3, -0.25) is 4.79 Å². The fourth-order valence-corrected chi connectivity index (χ4v) is 3.91. The molecule has 7 nitrogen and oxygen atoms in total. The van der Waals surface area contributed by atoms with Gasteiger partial charge in [-0.1, -0.05) is 11.6 Å². The van der Waals surface area contributed by atoms with Gasteiger partial charge in [-0.05, 0) is 55.8 Å². The minimum absolute atomic E-state index is 0.0490. The van der Waals surface area contributed by atoms with E-state index in [4.69, 9.17) is 21.1 Å². The van der Waals surface area contributed by atoms with Gasteiger partial charge in [0.1, 0.15) is 11.5 Å². The minimum Gasteiger partial charge on any atom is -0.496 e. The van der Waals surface area contributed by atoms with Crippen molar-refractivity contribution in [2.45, 2.75) is 24.8 Å². The summed E-state index contributed by atoms with van der Waals surface area (Å²) in [6, 6.07) is 8.19. The highest BCUT2D eigenvalue weighted by molar-refractivity contribution is 7.89. The van der Waals surface area contributed by atoms with Gasteiger partial charge < -0.3 is 14.8 Å². The van der Waals surface area contributed by atoms with Gasteiger partial charge in [-0.15, -0.1) is 0 Å². The predicted octanol–water partition coefficient (Wildman–Crippen LogP) is 2.97. The first-order chi connectivity index (χ1) is 12.7. The van der Waals surface area contributed by atoms with Crippen molar-refractivity contribution < 1.29 is 22.7 Å². The van der Waals surface area contributed by atoms with E-state index in [1.54, 1.807) is 25.1 Å². The number of aryl methyl sites for hydroxylation is 1. The number of carbonyl (C=O) groups excluding carboxylic acids is 1. The largest absolute Gasteiger partial charge is 0.496 e. The number of anilines is 1. The molecular formula is C18H21ClN2O5S. The number of amides is 1. The first-order valence-electron chi connectivity index (χ1n) is 7.99. The SMILES string of the molecule is COc1ccc(S(=O)(=O)N[C@H](C)C(=O)Nc2ccc(OC)c(Cl)c2)cc1C. The molecule has 0 unspecified atom stereocenters. The van der Waals surface area contributed by atoms with Crippen molar-refractivity contribution in [3.05, 3.63) is 47.0 Å². The maximum Gasteiger partial charge on any atom is 0.242 e. The van der Waals surface area contributed by atoms with Gasteiger partial charge >= 0.3 is 0 Å². The normalized spacial score (nSPS) is 12.3. The summed E-state index contributed by atoms with van der Waals surface area (Å²) in [5.74, 6) is 0.527. The van der Waals surface area contributed by atoms with Gasteiger partial charge in [0.25, 0.3) is 0 Å². The van der Waals surface area contributed by atoms with Crippen molar-refractivity contribution in [3.8, 4) is 11.5 Å². The van der Waals surface area contributed by atoms with E-state index >= 15 is 0 Å². The van der Waals surface area contributed by atoms with Crippen LogP contribution in [0, 0.1) is 6.92 Å². The highest BCUT2D eigenvalue weighted by Crippen LogP contribution is 2.27. The van der Waals surface area contributed by atoms with E-state index < -0.39 is 22.0 Å². The summed E-state index contributed by atoms with van der Waals surface area (Å²) in [6.45, 7) is 3.19. The standard InChI is InChI=1S/C18H21ClN2O5S/c1-11-9-14(6-8-16(11)25-3)27(23,24)21-12(2)18(22)20-13-5-7-17(26-4)15(19)10-13/h5-10,12,21H,1-4H3,(H,20,22)/t12-/m1/s1. The summed E-state index contributed by atoms with van der Waals surface area (Å²) < 4.78 is 37.6. The molecule has 2 aromatic carbocycles. The molecule has 0 saturated heterocycles. The number of carbonyl (C=O) groups is 1. The van der Waals surface area contributed by atoms with E-state index in [0.717, 1.165) is 0 Å². The van der Waals surface area contributed by atoms with Gasteiger partial charge in [-0.25, -0.2) is 8.42 Å². The van der Waals surface area contributed by atoms with Crippen molar-refractivity contribution in [3.63, 3.8) is 0 Å². The fourth-order valence-electron chi connectivity index (χ4n) is 2.37. The van der Waals surface area contributed by atoms with Crippen molar-refractivity contribution >= 4 is 33.2 Å². The number of nitrogens with one attached hydrogen (secondary N) is 2. The number of rotatable bonds is 7. The zero-order valence-electron chi connectivity index (χ0n) is 15.4. The van der Waals surface area contributed by atoms with Gasteiger partial charge in [0.15, 0.2) is 0 Å². The third-order valence-corrected chi connectivity index (χ3v) is 5.65. The Hall–Kier alpha value is -2.29. The number of benzene rings is 2. The van der Waals surface area contributed by atoms with Crippen LogP contribution in [0.4, 0.5) is 5.69 Å². The Balaban J connectivity index is 2.10. The molecule has 0 bridgehead atoms.